The van der Waals surface area contributed by atoms with Gasteiger partial charge in [-0.25, -0.2) is 0 Å². The van der Waals surface area contributed by atoms with E-state index in [2.05, 4.69) is 21.2 Å². The summed E-state index contributed by atoms with van der Waals surface area (Å²) < 4.78 is 0.748. The van der Waals surface area contributed by atoms with Crippen molar-refractivity contribution in [2.75, 3.05) is 0 Å². The quantitative estimate of drug-likeness (QED) is 0.674. The maximum atomic E-state index is 12.3. The molecule has 110 valence electrons. The molecule has 2 nitrogen and oxygen atoms in total. The SMILES string of the molecule is CC(NC(=O)c1cc(Cl)cc(Br)c1)c1ccc(Cl)cc1Cl. The van der Waals surface area contributed by atoms with Crippen molar-refractivity contribution in [2.45, 2.75) is 13.0 Å². The first kappa shape index (κ1) is 16.6. The summed E-state index contributed by atoms with van der Waals surface area (Å²) in [6.45, 7) is 1.85. The molecule has 0 radical (unpaired) electrons. The van der Waals surface area contributed by atoms with Gasteiger partial charge in [-0.3, -0.25) is 4.79 Å². The predicted molar refractivity (Wildman–Crippen MR) is 91.5 cm³/mol. The fraction of sp³-hybridized carbons (Fsp3) is 0.133. The van der Waals surface area contributed by atoms with Crippen molar-refractivity contribution in [1.29, 1.82) is 0 Å². The molecule has 1 amide bonds. The molecule has 0 bridgehead atoms. The van der Waals surface area contributed by atoms with Crippen LogP contribution >= 0.6 is 50.7 Å². The van der Waals surface area contributed by atoms with Gasteiger partial charge >= 0.3 is 0 Å². The fourth-order valence-corrected chi connectivity index (χ4v) is 3.33. The Labute approximate surface area is 146 Å². The molecule has 0 aliphatic heterocycles. The standard InChI is InChI=1S/C15H11BrCl3NO/c1-8(13-3-2-11(17)7-14(13)19)20-15(21)9-4-10(16)6-12(18)5-9/h2-8H,1H3,(H,20,21). The van der Waals surface area contributed by atoms with Crippen LogP contribution in [0.25, 0.3) is 0 Å². The number of nitrogens with one attached hydrogen (secondary N) is 1. The number of carbonyl (C=O) groups is 1. The van der Waals surface area contributed by atoms with Crippen LogP contribution in [0.1, 0.15) is 28.9 Å². The van der Waals surface area contributed by atoms with E-state index in [0.29, 0.717) is 20.6 Å². The van der Waals surface area contributed by atoms with Crippen molar-refractivity contribution in [1.82, 2.24) is 5.32 Å². The highest BCUT2D eigenvalue weighted by molar-refractivity contribution is 9.10. The van der Waals surface area contributed by atoms with Gasteiger partial charge in [-0.15, -0.1) is 0 Å². The zero-order chi connectivity index (χ0) is 15.6. The summed E-state index contributed by atoms with van der Waals surface area (Å²) in [6.07, 6.45) is 0. The molecule has 21 heavy (non-hydrogen) atoms. The van der Waals surface area contributed by atoms with Crippen LogP contribution in [-0.2, 0) is 0 Å². The molecule has 0 fully saturated rings. The lowest BCUT2D eigenvalue weighted by molar-refractivity contribution is 0.0940. The lowest BCUT2D eigenvalue weighted by Crippen LogP contribution is -2.26. The summed E-state index contributed by atoms with van der Waals surface area (Å²) in [5.74, 6) is -0.225. The second-order valence-corrected chi connectivity index (χ2v) is 6.71. The fourth-order valence-electron chi connectivity index (χ4n) is 1.90. The van der Waals surface area contributed by atoms with Crippen LogP contribution in [0.4, 0.5) is 0 Å². The van der Waals surface area contributed by atoms with Crippen LogP contribution in [0.15, 0.2) is 40.9 Å². The van der Waals surface area contributed by atoms with E-state index in [1.54, 1.807) is 36.4 Å². The van der Waals surface area contributed by atoms with Gasteiger partial charge in [0.05, 0.1) is 6.04 Å². The first-order valence-electron chi connectivity index (χ1n) is 6.08. The third-order valence-corrected chi connectivity index (χ3v) is 4.14. The molecule has 6 heteroatoms. The van der Waals surface area contributed by atoms with Crippen molar-refractivity contribution < 1.29 is 4.79 Å². The highest BCUT2D eigenvalue weighted by atomic mass is 79.9. The van der Waals surface area contributed by atoms with Crippen molar-refractivity contribution in [3.05, 3.63) is 67.1 Å². The summed E-state index contributed by atoms with van der Waals surface area (Å²) >= 11 is 21.3. The maximum absolute atomic E-state index is 12.3. The van der Waals surface area contributed by atoms with Gasteiger partial charge in [-0.1, -0.05) is 56.8 Å². The molecule has 1 unspecified atom stereocenters. The minimum absolute atomic E-state index is 0.225. The van der Waals surface area contributed by atoms with Gasteiger partial charge in [-0.2, -0.15) is 0 Å². The van der Waals surface area contributed by atoms with Gasteiger partial charge in [0.15, 0.2) is 0 Å². The van der Waals surface area contributed by atoms with Crippen molar-refractivity contribution in [3.8, 4) is 0 Å². The normalized spacial score (nSPS) is 12.0. The second kappa shape index (κ2) is 7.01. The van der Waals surface area contributed by atoms with Gasteiger partial charge < -0.3 is 5.32 Å². The number of amides is 1. The molecule has 1 atom stereocenters. The molecule has 2 aromatic carbocycles. The van der Waals surface area contributed by atoms with E-state index in [-0.39, 0.29) is 11.9 Å². The van der Waals surface area contributed by atoms with Crippen LogP contribution in [-0.4, -0.2) is 5.91 Å². The van der Waals surface area contributed by atoms with Crippen molar-refractivity contribution in [2.24, 2.45) is 0 Å². The largest absolute Gasteiger partial charge is 0.345 e. The van der Waals surface area contributed by atoms with Crippen LogP contribution < -0.4 is 5.32 Å². The molecule has 2 rings (SSSR count). The van der Waals surface area contributed by atoms with Crippen molar-refractivity contribution >= 4 is 56.6 Å². The van der Waals surface area contributed by atoms with Crippen LogP contribution in [0.3, 0.4) is 0 Å². The van der Waals surface area contributed by atoms with E-state index in [4.69, 9.17) is 34.8 Å². The number of hydrogen-bond donors (Lipinski definition) is 1. The second-order valence-electron chi connectivity index (χ2n) is 4.52. The summed E-state index contributed by atoms with van der Waals surface area (Å²) in [6, 6.07) is 9.97. The number of hydrogen-bond acceptors (Lipinski definition) is 1. The Morgan fingerprint density at radius 3 is 2.43 bits per heavy atom. The van der Waals surface area contributed by atoms with Gasteiger partial charge in [0.25, 0.3) is 5.91 Å². The molecule has 2 aromatic rings. The smallest absolute Gasteiger partial charge is 0.251 e. The zero-order valence-corrected chi connectivity index (χ0v) is 14.8. The van der Waals surface area contributed by atoms with Crippen LogP contribution in [0.2, 0.25) is 15.1 Å². The Hall–Kier alpha value is -0.740. The molecule has 1 N–H and O–H groups in total. The predicted octanol–water partition coefficient (Wildman–Crippen LogP) is 5.90. The molecule has 0 aliphatic carbocycles. The Morgan fingerprint density at radius 1 is 1.10 bits per heavy atom. The van der Waals surface area contributed by atoms with Crippen LogP contribution in [0.5, 0.6) is 0 Å². The average molecular weight is 408 g/mol. The Bertz CT molecular complexity index is 670. The summed E-state index contributed by atoms with van der Waals surface area (Å²) in [4.78, 5) is 12.3. The number of halogens is 4. The molecule has 0 saturated carbocycles. The average Bonchev–Trinajstić information content (AvgIpc) is 2.37. The minimum atomic E-state index is -0.250. The lowest BCUT2D eigenvalue weighted by Gasteiger charge is -2.16. The number of carbonyl (C=O) groups excluding carboxylic acids is 1. The van der Waals surface area contributed by atoms with E-state index in [9.17, 15) is 4.79 Å². The maximum Gasteiger partial charge on any atom is 0.251 e. The van der Waals surface area contributed by atoms with Crippen LogP contribution in [0, 0.1) is 0 Å². The van der Waals surface area contributed by atoms with Gasteiger partial charge in [-0.05, 0) is 42.8 Å². The Morgan fingerprint density at radius 2 is 1.81 bits per heavy atom. The summed E-state index contributed by atoms with van der Waals surface area (Å²) in [7, 11) is 0. The van der Waals surface area contributed by atoms with Gasteiger partial charge in [0, 0.05) is 25.1 Å². The van der Waals surface area contributed by atoms with E-state index in [1.807, 2.05) is 6.92 Å². The minimum Gasteiger partial charge on any atom is -0.345 e. The summed E-state index contributed by atoms with van der Waals surface area (Å²) in [5, 5.41) is 4.45. The molecule has 0 aliphatic rings. The molecular weight excluding hydrogens is 396 g/mol. The van der Waals surface area contributed by atoms with E-state index in [1.165, 1.54) is 0 Å². The molecule has 0 heterocycles. The first-order chi connectivity index (χ1) is 9.86. The Kier molecular flexibility index (Phi) is 5.55. The van der Waals surface area contributed by atoms with Gasteiger partial charge in [0.1, 0.15) is 0 Å². The molecule has 0 spiro atoms. The first-order valence-corrected chi connectivity index (χ1v) is 8.01. The highest BCUT2D eigenvalue weighted by Gasteiger charge is 2.15. The molecular formula is C15H11BrCl3NO. The van der Waals surface area contributed by atoms with E-state index in [0.717, 1.165) is 10.0 Å². The monoisotopic (exact) mass is 405 g/mol. The number of benzene rings is 2. The summed E-state index contributed by atoms with van der Waals surface area (Å²) in [5.41, 5.74) is 1.28. The van der Waals surface area contributed by atoms with E-state index < -0.39 is 0 Å². The van der Waals surface area contributed by atoms with Crippen molar-refractivity contribution in [3.63, 3.8) is 0 Å². The number of rotatable bonds is 3. The third kappa shape index (κ3) is 4.36. The Balaban J connectivity index is 2.18. The molecule has 0 saturated heterocycles. The molecule has 0 aromatic heterocycles. The highest BCUT2D eigenvalue weighted by Crippen LogP contribution is 2.26. The van der Waals surface area contributed by atoms with Gasteiger partial charge in [0.2, 0.25) is 0 Å². The third-order valence-electron chi connectivity index (χ3n) is 2.90. The topological polar surface area (TPSA) is 29.1 Å². The lowest BCUT2D eigenvalue weighted by atomic mass is 10.1. The zero-order valence-electron chi connectivity index (χ0n) is 11.0. The van der Waals surface area contributed by atoms with E-state index >= 15 is 0 Å².